The number of aromatic nitrogens is 1. The Labute approximate surface area is 124 Å². The van der Waals surface area contributed by atoms with Gasteiger partial charge in [-0.25, -0.2) is 0 Å². The van der Waals surface area contributed by atoms with Gasteiger partial charge in [0.1, 0.15) is 0 Å². The molecule has 0 N–H and O–H groups in total. The molecule has 1 heterocycles. The minimum atomic E-state index is 0.0277. The molecule has 0 unspecified atom stereocenters. The molecule has 2 heteroatoms. The van der Waals surface area contributed by atoms with Crippen molar-refractivity contribution in [3.63, 3.8) is 0 Å². The quantitative estimate of drug-likeness (QED) is 0.666. The highest BCUT2D eigenvalue weighted by Gasteiger charge is 2.14. The van der Waals surface area contributed by atoms with Crippen LogP contribution in [0.5, 0.6) is 0 Å². The first-order valence-corrected chi connectivity index (χ1v) is 6.87. The van der Waals surface area contributed by atoms with E-state index in [2.05, 4.69) is 4.98 Å². The summed E-state index contributed by atoms with van der Waals surface area (Å²) in [7, 11) is 0. The number of pyridine rings is 1. The number of nitrogens with zero attached hydrogens (tertiary/aromatic N) is 1. The van der Waals surface area contributed by atoms with E-state index in [1.54, 1.807) is 6.20 Å². The van der Waals surface area contributed by atoms with E-state index in [4.69, 9.17) is 0 Å². The van der Waals surface area contributed by atoms with Crippen LogP contribution in [0.25, 0.3) is 11.3 Å². The molecule has 2 nitrogen and oxygen atoms in total. The van der Waals surface area contributed by atoms with Crippen LogP contribution in [0.1, 0.15) is 21.5 Å². The van der Waals surface area contributed by atoms with Gasteiger partial charge in [-0.3, -0.25) is 9.78 Å². The number of hydrogen-bond acceptors (Lipinski definition) is 2. The van der Waals surface area contributed by atoms with Gasteiger partial charge < -0.3 is 0 Å². The second-order valence-corrected chi connectivity index (χ2v) is 4.96. The molecule has 102 valence electrons. The van der Waals surface area contributed by atoms with Gasteiger partial charge in [-0.15, -0.1) is 0 Å². The highest BCUT2D eigenvalue weighted by atomic mass is 16.1. The Balaban J connectivity index is 2.09. The molecule has 0 radical (unpaired) electrons. The first-order valence-electron chi connectivity index (χ1n) is 6.87. The van der Waals surface area contributed by atoms with Gasteiger partial charge in [0, 0.05) is 22.9 Å². The molecule has 0 aliphatic carbocycles. The van der Waals surface area contributed by atoms with E-state index in [-0.39, 0.29) is 5.78 Å². The summed E-state index contributed by atoms with van der Waals surface area (Å²) in [4.78, 5) is 17.1. The predicted molar refractivity (Wildman–Crippen MR) is 84.3 cm³/mol. The Morgan fingerprint density at radius 2 is 1.71 bits per heavy atom. The van der Waals surface area contributed by atoms with Crippen molar-refractivity contribution in [1.29, 1.82) is 0 Å². The van der Waals surface area contributed by atoms with Crippen LogP contribution in [-0.2, 0) is 0 Å². The summed E-state index contributed by atoms with van der Waals surface area (Å²) in [6.07, 6.45) is 1.74. The van der Waals surface area contributed by atoms with Crippen LogP contribution in [0, 0.1) is 6.92 Å². The molecule has 0 bridgehead atoms. The lowest BCUT2D eigenvalue weighted by atomic mass is 9.95. The Morgan fingerprint density at radius 3 is 2.48 bits per heavy atom. The highest BCUT2D eigenvalue weighted by Crippen LogP contribution is 2.24. The molecule has 0 aliphatic heterocycles. The lowest BCUT2D eigenvalue weighted by molar-refractivity contribution is 0.103. The molecule has 0 aliphatic rings. The van der Waals surface area contributed by atoms with Crippen LogP contribution >= 0.6 is 0 Å². The molecular weight excluding hydrogens is 258 g/mol. The van der Waals surface area contributed by atoms with E-state index >= 15 is 0 Å². The lowest BCUT2D eigenvalue weighted by Gasteiger charge is -2.08. The summed E-state index contributed by atoms with van der Waals surface area (Å²) in [5, 5.41) is 0. The Bertz CT molecular complexity index is 778. The molecule has 3 aromatic rings. The average molecular weight is 273 g/mol. The molecule has 1 aromatic heterocycles. The topological polar surface area (TPSA) is 30.0 Å². The van der Waals surface area contributed by atoms with E-state index < -0.39 is 0 Å². The monoisotopic (exact) mass is 273 g/mol. The summed E-state index contributed by atoms with van der Waals surface area (Å²) in [5.74, 6) is 0.0277. The minimum Gasteiger partial charge on any atom is -0.289 e. The summed E-state index contributed by atoms with van der Waals surface area (Å²) in [5.41, 5.74) is 4.15. The molecule has 0 saturated heterocycles. The molecule has 0 saturated carbocycles. The summed E-state index contributed by atoms with van der Waals surface area (Å²) >= 11 is 0. The summed E-state index contributed by atoms with van der Waals surface area (Å²) in [6, 6.07) is 21.0. The zero-order chi connectivity index (χ0) is 14.7. The zero-order valence-corrected chi connectivity index (χ0v) is 11.8. The fourth-order valence-corrected chi connectivity index (χ4v) is 2.37. The van der Waals surface area contributed by atoms with Gasteiger partial charge in [-0.05, 0) is 25.1 Å². The fourth-order valence-electron chi connectivity index (χ4n) is 2.37. The second kappa shape index (κ2) is 5.71. The summed E-state index contributed by atoms with van der Waals surface area (Å²) in [6.45, 7) is 1.99. The number of ketones is 1. The first kappa shape index (κ1) is 13.3. The third kappa shape index (κ3) is 2.75. The van der Waals surface area contributed by atoms with Crippen LogP contribution in [-0.4, -0.2) is 10.8 Å². The predicted octanol–water partition coefficient (Wildman–Crippen LogP) is 4.29. The molecule has 0 spiro atoms. The second-order valence-electron chi connectivity index (χ2n) is 4.96. The first-order chi connectivity index (χ1) is 10.3. The molecular formula is C19H15NO. The van der Waals surface area contributed by atoms with Gasteiger partial charge in [-0.1, -0.05) is 54.1 Å². The number of hydrogen-bond donors (Lipinski definition) is 0. The van der Waals surface area contributed by atoms with Crippen molar-refractivity contribution in [3.05, 3.63) is 89.6 Å². The molecule has 21 heavy (non-hydrogen) atoms. The van der Waals surface area contributed by atoms with Crippen molar-refractivity contribution in [3.8, 4) is 11.3 Å². The van der Waals surface area contributed by atoms with Gasteiger partial charge in [0.25, 0.3) is 0 Å². The van der Waals surface area contributed by atoms with E-state index in [0.29, 0.717) is 11.1 Å². The third-order valence-corrected chi connectivity index (χ3v) is 3.39. The standard InChI is InChI=1S/C19H15NO/c1-14-7-6-8-15(13-14)19(21)17-10-3-2-9-16(17)18-11-4-5-12-20-18/h2-13H,1H3. The van der Waals surface area contributed by atoms with E-state index in [1.165, 1.54) is 0 Å². The number of carbonyl (C=O) groups is 1. The third-order valence-electron chi connectivity index (χ3n) is 3.39. The minimum absolute atomic E-state index is 0.0277. The highest BCUT2D eigenvalue weighted by molar-refractivity contribution is 6.12. The normalized spacial score (nSPS) is 10.3. The Hall–Kier alpha value is -2.74. The van der Waals surface area contributed by atoms with Gasteiger partial charge in [0.05, 0.1) is 5.69 Å². The Kier molecular flexibility index (Phi) is 3.61. The number of carbonyl (C=O) groups excluding carboxylic acids is 1. The largest absolute Gasteiger partial charge is 0.289 e. The van der Waals surface area contributed by atoms with Crippen molar-refractivity contribution >= 4 is 5.78 Å². The van der Waals surface area contributed by atoms with E-state index in [1.807, 2.05) is 73.7 Å². The van der Waals surface area contributed by atoms with Crippen LogP contribution in [0.15, 0.2) is 72.9 Å². The maximum Gasteiger partial charge on any atom is 0.193 e. The van der Waals surface area contributed by atoms with Gasteiger partial charge in [0.15, 0.2) is 5.78 Å². The van der Waals surface area contributed by atoms with Crippen molar-refractivity contribution in [1.82, 2.24) is 4.98 Å². The molecule has 2 aromatic carbocycles. The van der Waals surface area contributed by atoms with Crippen molar-refractivity contribution in [2.24, 2.45) is 0 Å². The van der Waals surface area contributed by atoms with Crippen LogP contribution in [0.2, 0.25) is 0 Å². The molecule has 0 atom stereocenters. The van der Waals surface area contributed by atoms with Crippen molar-refractivity contribution in [2.75, 3.05) is 0 Å². The van der Waals surface area contributed by atoms with Gasteiger partial charge in [0.2, 0.25) is 0 Å². The number of rotatable bonds is 3. The van der Waals surface area contributed by atoms with Crippen LogP contribution in [0.4, 0.5) is 0 Å². The maximum absolute atomic E-state index is 12.8. The lowest BCUT2D eigenvalue weighted by Crippen LogP contribution is -2.04. The SMILES string of the molecule is Cc1cccc(C(=O)c2ccccc2-c2ccccn2)c1. The fraction of sp³-hybridized carbons (Fsp3) is 0.0526. The number of benzene rings is 2. The van der Waals surface area contributed by atoms with Crippen LogP contribution in [0.3, 0.4) is 0 Å². The average Bonchev–Trinajstić information content (AvgIpc) is 2.55. The van der Waals surface area contributed by atoms with Crippen molar-refractivity contribution in [2.45, 2.75) is 6.92 Å². The molecule has 3 rings (SSSR count). The summed E-state index contributed by atoms with van der Waals surface area (Å²) < 4.78 is 0. The Morgan fingerprint density at radius 1 is 0.905 bits per heavy atom. The number of aryl methyl sites for hydroxylation is 1. The zero-order valence-electron chi connectivity index (χ0n) is 11.8. The van der Waals surface area contributed by atoms with Crippen LogP contribution < -0.4 is 0 Å². The van der Waals surface area contributed by atoms with Crippen molar-refractivity contribution < 1.29 is 4.79 Å². The molecule has 0 amide bonds. The maximum atomic E-state index is 12.8. The van der Waals surface area contributed by atoms with E-state index in [9.17, 15) is 4.79 Å². The van der Waals surface area contributed by atoms with Gasteiger partial charge in [-0.2, -0.15) is 0 Å². The van der Waals surface area contributed by atoms with Gasteiger partial charge >= 0.3 is 0 Å². The smallest absolute Gasteiger partial charge is 0.193 e. The van der Waals surface area contributed by atoms with E-state index in [0.717, 1.165) is 16.8 Å². The molecule has 0 fully saturated rings.